The highest BCUT2D eigenvalue weighted by Gasteiger charge is 2.26. The predicted molar refractivity (Wildman–Crippen MR) is 125 cm³/mol. The monoisotopic (exact) mass is 433 g/mol. The molecule has 0 bridgehead atoms. The molecule has 7 nitrogen and oxygen atoms in total. The van der Waals surface area contributed by atoms with Gasteiger partial charge in [0.25, 0.3) is 5.56 Å². The second-order valence-corrected chi connectivity index (χ2v) is 8.29. The van der Waals surface area contributed by atoms with E-state index in [2.05, 4.69) is 0 Å². The highest BCUT2D eigenvalue weighted by molar-refractivity contribution is 5.87. The second-order valence-electron chi connectivity index (χ2n) is 8.29. The molecule has 0 amide bonds. The van der Waals surface area contributed by atoms with Crippen LogP contribution in [0.25, 0.3) is 21.8 Å². The molecule has 0 aliphatic heterocycles. The van der Waals surface area contributed by atoms with Crippen molar-refractivity contribution in [2.75, 3.05) is 0 Å². The Kier molecular flexibility index (Phi) is 5.74. The van der Waals surface area contributed by atoms with Crippen LogP contribution in [0.2, 0.25) is 0 Å². The summed E-state index contributed by atoms with van der Waals surface area (Å²) in [4.78, 5) is 38.8. The molecule has 1 atom stereocenters. The van der Waals surface area contributed by atoms with Crippen LogP contribution in [0.1, 0.15) is 43.4 Å². The molecule has 4 aromatic rings. The Balaban J connectivity index is 1.99. The number of fused-ring (bicyclic) bond motifs is 2. The first-order valence-electron chi connectivity index (χ1n) is 10.9. The van der Waals surface area contributed by atoms with E-state index in [4.69, 9.17) is 0 Å². The summed E-state index contributed by atoms with van der Waals surface area (Å²) < 4.78 is 4.47. The average molecular weight is 434 g/mol. The van der Waals surface area contributed by atoms with Crippen molar-refractivity contribution in [2.45, 2.75) is 45.7 Å². The number of nitrogens with zero attached hydrogens (tertiary/aromatic N) is 3. The highest BCUT2D eigenvalue weighted by Crippen LogP contribution is 2.25. The van der Waals surface area contributed by atoms with Crippen molar-refractivity contribution < 1.29 is 9.90 Å². The van der Waals surface area contributed by atoms with Gasteiger partial charge in [0.1, 0.15) is 6.04 Å². The summed E-state index contributed by atoms with van der Waals surface area (Å²) >= 11 is 0. The molecule has 32 heavy (non-hydrogen) atoms. The summed E-state index contributed by atoms with van der Waals surface area (Å²) in [6, 6.07) is 11.8. The van der Waals surface area contributed by atoms with E-state index in [1.807, 2.05) is 49.9 Å². The van der Waals surface area contributed by atoms with Crippen LogP contribution in [-0.2, 0) is 18.4 Å². The Morgan fingerprint density at radius 2 is 1.78 bits per heavy atom. The maximum absolute atomic E-state index is 13.6. The Labute approximate surface area is 185 Å². The molecule has 0 radical (unpaired) electrons. The molecule has 2 aromatic carbocycles. The second kappa shape index (κ2) is 8.49. The van der Waals surface area contributed by atoms with Crippen molar-refractivity contribution in [3.8, 4) is 0 Å². The number of aliphatic carboxylic acids is 1. The predicted octanol–water partition coefficient (Wildman–Crippen LogP) is 3.83. The zero-order valence-electron chi connectivity index (χ0n) is 18.5. The lowest BCUT2D eigenvalue weighted by molar-refractivity contribution is -0.141. The van der Waals surface area contributed by atoms with Crippen LogP contribution in [0.3, 0.4) is 0 Å². The van der Waals surface area contributed by atoms with Crippen LogP contribution in [0.5, 0.6) is 0 Å². The van der Waals surface area contributed by atoms with Gasteiger partial charge in [-0.15, -0.1) is 0 Å². The molecule has 0 spiro atoms. The summed E-state index contributed by atoms with van der Waals surface area (Å²) in [5.74, 6) is -1.17. The van der Waals surface area contributed by atoms with Crippen LogP contribution in [-0.4, -0.2) is 24.8 Å². The molecule has 1 unspecified atom stereocenters. The molecule has 166 valence electrons. The normalized spacial score (nSPS) is 12.5. The Morgan fingerprint density at radius 3 is 2.50 bits per heavy atom. The van der Waals surface area contributed by atoms with E-state index >= 15 is 0 Å². The number of aromatic nitrogens is 3. The van der Waals surface area contributed by atoms with E-state index in [1.54, 1.807) is 24.3 Å². The van der Waals surface area contributed by atoms with E-state index in [9.17, 15) is 19.5 Å². The molecular formula is C25H27N3O4. The van der Waals surface area contributed by atoms with Crippen molar-refractivity contribution in [1.82, 2.24) is 13.7 Å². The smallest absolute Gasteiger partial charge is 0.332 e. The molecule has 0 saturated carbocycles. The number of hydrogen-bond donors (Lipinski definition) is 1. The summed E-state index contributed by atoms with van der Waals surface area (Å²) in [6.45, 7) is 4.21. The minimum Gasteiger partial charge on any atom is -0.480 e. The summed E-state index contributed by atoms with van der Waals surface area (Å²) in [6.07, 6.45) is 3.60. The Hall–Kier alpha value is -3.61. The SMILES string of the molecule is CCCCC(C(=O)O)n1c(=O)c2ccccc2n(Cc2cn(C)c3cccc(C)c23)c1=O. The van der Waals surface area contributed by atoms with Crippen LogP contribution < -0.4 is 11.2 Å². The van der Waals surface area contributed by atoms with Gasteiger partial charge in [0.15, 0.2) is 0 Å². The third kappa shape index (κ3) is 3.53. The number of hydrogen-bond acceptors (Lipinski definition) is 3. The van der Waals surface area contributed by atoms with Crippen molar-refractivity contribution in [3.05, 3.63) is 80.6 Å². The van der Waals surface area contributed by atoms with E-state index < -0.39 is 23.3 Å². The fourth-order valence-electron chi connectivity index (χ4n) is 4.55. The third-order valence-electron chi connectivity index (χ3n) is 6.14. The lowest BCUT2D eigenvalue weighted by atomic mass is 10.1. The zero-order chi connectivity index (χ0) is 23.0. The number of rotatable bonds is 7. The minimum absolute atomic E-state index is 0.229. The van der Waals surface area contributed by atoms with Crippen LogP contribution in [0.15, 0.2) is 58.3 Å². The van der Waals surface area contributed by atoms with Gasteiger partial charge in [0.05, 0.1) is 17.4 Å². The summed E-state index contributed by atoms with van der Waals surface area (Å²) in [5, 5.41) is 11.2. The van der Waals surface area contributed by atoms with Gasteiger partial charge in [-0.3, -0.25) is 9.36 Å². The first kappa shape index (κ1) is 21.6. The first-order chi connectivity index (χ1) is 15.3. The number of carboxylic acid groups (broad SMARTS) is 1. The molecule has 2 heterocycles. The topological polar surface area (TPSA) is 86.2 Å². The van der Waals surface area contributed by atoms with Gasteiger partial charge >= 0.3 is 11.7 Å². The van der Waals surface area contributed by atoms with E-state index in [0.717, 1.165) is 33.0 Å². The molecular weight excluding hydrogens is 406 g/mol. The molecule has 7 heteroatoms. The van der Waals surface area contributed by atoms with Gasteiger partial charge in [0.2, 0.25) is 0 Å². The maximum Gasteiger partial charge on any atom is 0.332 e. The molecule has 0 aliphatic rings. The van der Waals surface area contributed by atoms with Gasteiger partial charge < -0.3 is 9.67 Å². The molecule has 0 fully saturated rings. The number of benzene rings is 2. The van der Waals surface area contributed by atoms with Crippen LogP contribution >= 0.6 is 0 Å². The van der Waals surface area contributed by atoms with E-state index in [0.29, 0.717) is 17.3 Å². The van der Waals surface area contributed by atoms with Crippen molar-refractivity contribution in [2.24, 2.45) is 7.05 Å². The van der Waals surface area contributed by atoms with Gasteiger partial charge in [-0.05, 0) is 42.7 Å². The molecule has 0 saturated heterocycles. The number of aryl methyl sites for hydroxylation is 2. The number of para-hydroxylation sites is 1. The fourth-order valence-corrected chi connectivity index (χ4v) is 4.55. The van der Waals surface area contributed by atoms with E-state index in [1.165, 1.54) is 4.57 Å². The first-order valence-corrected chi connectivity index (χ1v) is 10.9. The number of unbranched alkanes of at least 4 members (excludes halogenated alkanes) is 1. The van der Waals surface area contributed by atoms with E-state index in [-0.39, 0.29) is 13.0 Å². The lowest BCUT2D eigenvalue weighted by Crippen LogP contribution is -2.44. The zero-order valence-corrected chi connectivity index (χ0v) is 18.5. The van der Waals surface area contributed by atoms with Gasteiger partial charge in [-0.2, -0.15) is 0 Å². The van der Waals surface area contributed by atoms with Crippen molar-refractivity contribution in [1.29, 1.82) is 0 Å². The quantitative estimate of drug-likeness (QED) is 0.480. The van der Waals surface area contributed by atoms with Gasteiger partial charge in [-0.1, -0.05) is 44.0 Å². The van der Waals surface area contributed by atoms with Crippen LogP contribution in [0.4, 0.5) is 0 Å². The van der Waals surface area contributed by atoms with Crippen LogP contribution in [0, 0.1) is 6.92 Å². The number of carboxylic acids is 1. The Bertz CT molecular complexity index is 1440. The lowest BCUT2D eigenvalue weighted by Gasteiger charge is -2.19. The standard InChI is InChI=1S/C25H27N3O4/c1-4-5-11-21(24(30)31)28-23(29)18-10-6-7-12-19(18)27(25(28)32)15-17-14-26(3)20-13-8-9-16(2)22(17)20/h6-10,12-14,21H,4-5,11,15H2,1-3H3,(H,30,31). The third-order valence-corrected chi connectivity index (χ3v) is 6.14. The van der Waals surface area contributed by atoms with Crippen molar-refractivity contribution in [3.63, 3.8) is 0 Å². The van der Waals surface area contributed by atoms with Gasteiger partial charge in [0, 0.05) is 24.1 Å². The minimum atomic E-state index is -1.19. The maximum atomic E-state index is 13.6. The molecule has 0 aliphatic carbocycles. The molecule has 4 rings (SSSR count). The molecule has 1 N–H and O–H groups in total. The fraction of sp³-hybridized carbons (Fsp3) is 0.320. The number of carbonyl (C=O) groups is 1. The van der Waals surface area contributed by atoms with Crippen molar-refractivity contribution >= 4 is 27.8 Å². The highest BCUT2D eigenvalue weighted by atomic mass is 16.4. The largest absolute Gasteiger partial charge is 0.480 e. The average Bonchev–Trinajstić information content (AvgIpc) is 3.09. The van der Waals surface area contributed by atoms with Gasteiger partial charge in [-0.25, -0.2) is 14.2 Å². The summed E-state index contributed by atoms with van der Waals surface area (Å²) in [5.41, 5.74) is 2.44. The molecule has 2 aromatic heterocycles. The Morgan fingerprint density at radius 1 is 1.06 bits per heavy atom. The summed E-state index contributed by atoms with van der Waals surface area (Å²) in [7, 11) is 1.96.